The van der Waals surface area contributed by atoms with E-state index < -0.39 is 0 Å². The molecule has 0 aliphatic heterocycles. The highest BCUT2D eigenvalue weighted by molar-refractivity contribution is 7.27. The summed E-state index contributed by atoms with van der Waals surface area (Å²) in [5, 5.41) is 4.88. The van der Waals surface area contributed by atoms with Crippen LogP contribution in [-0.2, 0) is 0 Å². The fourth-order valence-electron chi connectivity index (χ4n) is 7.96. The molecule has 0 saturated heterocycles. The second kappa shape index (κ2) is 13.2. The van der Waals surface area contributed by atoms with E-state index in [0.29, 0.717) is 17.5 Å². The van der Waals surface area contributed by atoms with Crippen molar-refractivity contribution in [3.05, 3.63) is 188 Å². The van der Waals surface area contributed by atoms with Crippen molar-refractivity contribution < 1.29 is 0 Å². The fraction of sp³-hybridized carbons (Fsp3) is 0. The fourth-order valence-corrected chi connectivity index (χ4v) is 9.24. The molecule has 0 saturated carbocycles. The van der Waals surface area contributed by atoms with Gasteiger partial charge in [-0.25, -0.2) is 15.0 Å². The number of nitrogens with zero attached hydrogens (tertiary/aromatic N) is 5. The minimum absolute atomic E-state index is 0.572. The molecule has 0 fully saturated rings. The molecule has 0 bridgehead atoms. The lowest BCUT2D eigenvalue weighted by molar-refractivity contribution is 1.07. The number of fused-ring (bicyclic) bond motifs is 7. The predicted molar refractivity (Wildman–Crippen MR) is 232 cm³/mol. The Morgan fingerprint density at radius 1 is 0.411 bits per heavy atom. The maximum Gasteiger partial charge on any atom is 0.166 e. The summed E-state index contributed by atoms with van der Waals surface area (Å²) in [7, 11) is 0. The van der Waals surface area contributed by atoms with Crippen LogP contribution < -0.4 is 0 Å². The minimum Gasteiger partial charge on any atom is -0.309 e. The Bertz CT molecular complexity index is 3170. The first-order chi connectivity index (χ1) is 27.8. The van der Waals surface area contributed by atoms with E-state index in [1.807, 2.05) is 84.3 Å². The van der Waals surface area contributed by atoms with Crippen LogP contribution in [0.15, 0.2) is 188 Å². The maximum atomic E-state index is 5.30. The summed E-state index contributed by atoms with van der Waals surface area (Å²) in [6.07, 6.45) is 1.98. The molecule has 0 aliphatic rings. The second-order valence-electron chi connectivity index (χ2n) is 13.8. The van der Waals surface area contributed by atoms with E-state index in [-0.39, 0.29) is 0 Å². The number of para-hydroxylation sites is 2. The molecule has 7 aromatic carbocycles. The van der Waals surface area contributed by atoms with Crippen molar-refractivity contribution >= 4 is 53.3 Å². The highest BCUT2D eigenvalue weighted by Gasteiger charge is 2.23. The van der Waals surface area contributed by atoms with Gasteiger partial charge in [0.15, 0.2) is 17.5 Å². The Hall–Kier alpha value is -7.28. The van der Waals surface area contributed by atoms with Crippen LogP contribution in [0.4, 0.5) is 0 Å². The van der Waals surface area contributed by atoms with Crippen molar-refractivity contribution in [2.75, 3.05) is 0 Å². The molecule has 11 rings (SSSR count). The lowest BCUT2D eigenvalue weighted by Crippen LogP contribution is -2.02. The third kappa shape index (κ3) is 5.30. The minimum atomic E-state index is 0.572. The van der Waals surface area contributed by atoms with Crippen molar-refractivity contribution in [2.24, 2.45) is 0 Å². The average Bonchev–Trinajstić information content (AvgIpc) is 3.83. The van der Waals surface area contributed by atoms with Gasteiger partial charge in [0.25, 0.3) is 0 Å². The Morgan fingerprint density at radius 3 is 1.71 bits per heavy atom. The van der Waals surface area contributed by atoms with Gasteiger partial charge < -0.3 is 4.57 Å². The summed E-state index contributed by atoms with van der Waals surface area (Å²) in [4.78, 5) is 20.7. The molecule has 0 amide bonds. The molecular formula is C50H31N5S. The first-order valence-electron chi connectivity index (χ1n) is 18.6. The third-order valence-electron chi connectivity index (χ3n) is 10.5. The monoisotopic (exact) mass is 733 g/mol. The zero-order valence-electron chi connectivity index (χ0n) is 30.0. The number of hydrogen-bond acceptors (Lipinski definition) is 5. The van der Waals surface area contributed by atoms with Gasteiger partial charge in [0.2, 0.25) is 0 Å². The van der Waals surface area contributed by atoms with Crippen LogP contribution >= 0.6 is 11.3 Å². The van der Waals surface area contributed by atoms with Gasteiger partial charge in [-0.15, -0.1) is 11.3 Å². The third-order valence-corrected chi connectivity index (χ3v) is 11.7. The van der Waals surface area contributed by atoms with Gasteiger partial charge in [0, 0.05) is 70.6 Å². The van der Waals surface area contributed by atoms with E-state index in [2.05, 4.69) is 120 Å². The van der Waals surface area contributed by atoms with Crippen molar-refractivity contribution in [3.63, 3.8) is 0 Å². The molecule has 0 N–H and O–H groups in total. The summed E-state index contributed by atoms with van der Waals surface area (Å²) in [6.45, 7) is 0. The van der Waals surface area contributed by atoms with Crippen LogP contribution in [0.3, 0.4) is 0 Å². The largest absolute Gasteiger partial charge is 0.309 e. The van der Waals surface area contributed by atoms with Crippen molar-refractivity contribution in [3.8, 4) is 62.2 Å². The van der Waals surface area contributed by atoms with Gasteiger partial charge in [-0.05, 0) is 42.0 Å². The molecule has 0 spiro atoms. The van der Waals surface area contributed by atoms with Gasteiger partial charge in [0.05, 0.1) is 16.7 Å². The number of hydrogen-bond donors (Lipinski definition) is 0. The zero-order valence-corrected chi connectivity index (χ0v) is 30.9. The van der Waals surface area contributed by atoms with Gasteiger partial charge in [-0.2, -0.15) is 0 Å². The first kappa shape index (κ1) is 32.2. The number of benzene rings is 7. The van der Waals surface area contributed by atoms with Gasteiger partial charge >= 0.3 is 0 Å². The highest BCUT2D eigenvalue weighted by atomic mass is 32.1. The van der Waals surface area contributed by atoms with Crippen LogP contribution in [0.25, 0.3) is 104 Å². The van der Waals surface area contributed by atoms with Crippen LogP contribution in [0.5, 0.6) is 0 Å². The van der Waals surface area contributed by atoms with E-state index in [4.69, 9.17) is 19.9 Å². The number of rotatable bonds is 6. The van der Waals surface area contributed by atoms with E-state index in [9.17, 15) is 0 Å². The number of aromatic nitrogens is 5. The summed E-state index contributed by atoms with van der Waals surface area (Å²) in [5.41, 5.74) is 10.1. The quantitative estimate of drug-likeness (QED) is 0.171. The average molecular weight is 734 g/mol. The summed E-state index contributed by atoms with van der Waals surface area (Å²) >= 11 is 1.84. The molecule has 11 aromatic rings. The molecular weight excluding hydrogens is 703 g/mol. The number of pyridine rings is 1. The van der Waals surface area contributed by atoms with Crippen LogP contribution in [0, 0.1) is 0 Å². The SMILES string of the molecule is c1ccc(-c2cnc(-c3cccc4sc5c(ccc6c5c5ccccc5n6-c5ccccc5)c34)c(-c3nc(-c4ccccc4)nc(-c4ccccc4)n3)c2)cc1. The van der Waals surface area contributed by atoms with Crippen LogP contribution in [0.1, 0.15) is 0 Å². The summed E-state index contributed by atoms with van der Waals surface area (Å²) < 4.78 is 4.84. The topological polar surface area (TPSA) is 56.5 Å². The van der Waals surface area contributed by atoms with Crippen LogP contribution in [-0.4, -0.2) is 24.5 Å². The van der Waals surface area contributed by atoms with Gasteiger partial charge in [-0.1, -0.05) is 146 Å². The molecule has 56 heavy (non-hydrogen) atoms. The second-order valence-corrected chi connectivity index (χ2v) is 14.9. The predicted octanol–water partition coefficient (Wildman–Crippen LogP) is 13.1. The Labute approximate surface area is 326 Å². The normalized spacial score (nSPS) is 11.6. The maximum absolute atomic E-state index is 5.30. The molecule has 0 atom stereocenters. The molecule has 5 nitrogen and oxygen atoms in total. The molecule has 0 aliphatic carbocycles. The van der Waals surface area contributed by atoms with E-state index >= 15 is 0 Å². The standard InChI is InChI=1S/C50H31N5S/c1-5-16-32(17-6-1)35-30-40(50-53-48(33-18-7-2-8-19-33)52-49(54-50)34-20-9-3-10-21-34)46(51-31-35)38-25-15-27-43-44(38)39-28-29-42-45(47(39)56-43)37-24-13-14-26-41(37)55(42)36-22-11-4-12-23-36/h1-31H. The van der Waals surface area contributed by atoms with Crippen molar-refractivity contribution in [2.45, 2.75) is 0 Å². The molecule has 4 heterocycles. The number of thiophene rings is 1. The molecule has 6 heteroatoms. The van der Waals surface area contributed by atoms with Crippen molar-refractivity contribution in [1.29, 1.82) is 0 Å². The smallest absolute Gasteiger partial charge is 0.166 e. The van der Waals surface area contributed by atoms with Gasteiger partial charge in [0.1, 0.15) is 0 Å². The lowest BCUT2D eigenvalue weighted by Gasteiger charge is -2.14. The van der Waals surface area contributed by atoms with Crippen molar-refractivity contribution in [1.82, 2.24) is 24.5 Å². The Balaban J connectivity index is 1.20. The molecule has 262 valence electrons. The molecule has 0 radical (unpaired) electrons. The Kier molecular flexibility index (Phi) is 7.60. The van der Waals surface area contributed by atoms with E-state index in [1.54, 1.807) is 0 Å². The first-order valence-corrected chi connectivity index (χ1v) is 19.5. The Morgan fingerprint density at radius 2 is 1.02 bits per heavy atom. The van der Waals surface area contributed by atoms with E-state index in [1.165, 1.54) is 42.0 Å². The van der Waals surface area contributed by atoms with Crippen LogP contribution in [0.2, 0.25) is 0 Å². The highest BCUT2D eigenvalue weighted by Crippen LogP contribution is 2.47. The van der Waals surface area contributed by atoms with Gasteiger partial charge in [-0.3, -0.25) is 4.98 Å². The molecule has 4 aromatic heterocycles. The summed E-state index contributed by atoms with van der Waals surface area (Å²) in [5.74, 6) is 1.80. The summed E-state index contributed by atoms with van der Waals surface area (Å²) in [6, 6.07) is 63.3. The molecule has 0 unspecified atom stereocenters. The van der Waals surface area contributed by atoms with E-state index in [0.717, 1.165) is 44.8 Å². The zero-order chi connectivity index (χ0) is 37.0. The lowest BCUT2D eigenvalue weighted by atomic mass is 9.96.